The van der Waals surface area contributed by atoms with Gasteiger partial charge in [0.05, 0.1) is 13.2 Å². The third-order valence-electron chi connectivity index (χ3n) is 5.34. The minimum atomic E-state index is 0.119. The molecule has 2 saturated heterocycles. The van der Waals surface area contributed by atoms with E-state index < -0.39 is 0 Å². The summed E-state index contributed by atoms with van der Waals surface area (Å²) in [6.45, 7) is 8.69. The number of nitrogens with one attached hydrogen (secondary N) is 1. The summed E-state index contributed by atoms with van der Waals surface area (Å²) < 4.78 is 6.33. The Kier molecular flexibility index (Phi) is 6.04. The fourth-order valence-electron chi connectivity index (χ4n) is 3.95. The van der Waals surface area contributed by atoms with Gasteiger partial charge in [0.25, 0.3) is 0 Å². The molecule has 1 unspecified atom stereocenters. The number of dihydropyridines is 1. The van der Waals surface area contributed by atoms with Crippen LogP contribution in [0.1, 0.15) is 39.0 Å². The summed E-state index contributed by atoms with van der Waals surface area (Å²) >= 11 is 0. The number of hydrogen-bond acceptors (Lipinski definition) is 4. The van der Waals surface area contributed by atoms with E-state index in [0.717, 1.165) is 26.2 Å². The Hall–Kier alpha value is -0.710. The first kappa shape index (κ1) is 16.2. The van der Waals surface area contributed by atoms with Crippen molar-refractivity contribution in [2.45, 2.75) is 51.2 Å². The topological polar surface area (TPSA) is 36.9 Å². The second-order valence-corrected chi connectivity index (χ2v) is 6.78. The lowest BCUT2D eigenvalue weighted by atomic mass is 9.88. The Bertz CT molecular complexity index is 395. The SMILES string of the molecule is CC[C@H](COC1C=CCN=C1C1CCNCC1)N1CCCC1. The monoisotopic (exact) mass is 305 g/mol. The van der Waals surface area contributed by atoms with E-state index in [0.29, 0.717) is 12.0 Å². The van der Waals surface area contributed by atoms with Gasteiger partial charge in [-0.15, -0.1) is 0 Å². The van der Waals surface area contributed by atoms with Gasteiger partial charge in [-0.1, -0.05) is 19.1 Å². The van der Waals surface area contributed by atoms with Crippen LogP contribution in [0.2, 0.25) is 0 Å². The van der Waals surface area contributed by atoms with E-state index in [4.69, 9.17) is 9.73 Å². The Morgan fingerprint density at radius 2 is 2.09 bits per heavy atom. The highest BCUT2D eigenvalue weighted by Crippen LogP contribution is 2.22. The lowest BCUT2D eigenvalue weighted by Gasteiger charge is -2.32. The fraction of sp³-hybridized carbons (Fsp3) is 0.833. The molecule has 2 fully saturated rings. The molecule has 0 aliphatic carbocycles. The Morgan fingerprint density at radius 3 is 2.82 bits per heavy atom. The van der Waals surface area contributed by atoms with E-state index in [9.17, 15) is 0 Å². The lowest BCUT2D eigenvalue weighted by molar-refractivity contribution is 0.0590. The molecule has 0 amide bonds. The van der Waals surface area contributed by atoms with Crippen molar-refractivity contribution in [1.82, 2.24) is 10.2 Å². The number of aliphatic imine (C=N–C) groups is 1. The van der Waals surface area contributed by atoms with E-state index in [1.807, 2.05) is 0 Å². The molecule has 4 nitrogen and oxygen atoms in total. The molecule has 3 aliphatic heterocycles. The second kappa shape index (κ2) is 8.23. The number of likely N-dealkylation sites (tertiary alicyclic amines) is 1. The van der Waals surface area contributed by atoms with Crippen LogP contribution < -0.4 is 5.32 Å². The van der Waals surface area contributed by atoms with Crippen molar-refractivity contribution >= 4 is 5.71 Å². The molecular weight excluding hydrogens is 274 g/mol. The third-order valence-corrected chi connectivity index (χ3v) is 5.34. The Balaban J connectivity index is 1.55. The van der Waals surface area contributed by atoms with Crippen molar-refractivity contribution < 1.29 is 4.74 Å². The van der Waals surface area contributed by atoms with Crippen LogP contribution in [-0.2, 0) is 4.74 Å². The van der Waals surface area contributed by atoms with Gasteiger partial charge in [0.2, 0.25) is 0 Å². The first-order valence-electron chi connectivity index (χ1n) is 9.15. The van der Waals surface area contributed by atoms with Gasteiger partial charge in [-0.2, -0.15) is 0 Å². The Morgan fingerprint density at radius 1 is 1.32 bits per heavy atom. The maximum absolute atomic E-state index is 6.33. The summed E-state index contributed by atoms with van der Waals surface area (Å²) in [6.07, 6.45) is 10.8. The molecule has 2 atom stereocenters. The minimum Gasteiger partial charge on any atom is -0.367 e. The molecule has 0 saturated carbocycles. The summed E-state index contributed by atoms with van der Waals surface area (Å²) in [5.41, 5.74) is 1.31. The Labute approximate surface area is 135 Å². The average molecular weight is 305 g/mol. The summed E-state index contributed by atoms with van der Waals surface area (Å²) in [5.74, 6) is 0.614. The van der Waals surface area contributed by atoms with Crippen LogP contribution in [0.25, 0.3) is 0 Å². The molecule has 4 heteroatoms. The van der Waals surface area contributed by atoms with Crippen LogP contribution in [0.4, 0.5) is 0 Å². The molecule has 0 aromatic rings. The zero-order chi connectivity index (χ0) is 15.2. The van der Waals surface area contributed by atoms with Crippen molar-refractivity contribution in [2.75, 3.05) is 39.3 Å². The van der Waals surface area contributed by atoms with Crippen LogP contribution in [0.3, 0.4) is 0 Å². The van der Waals surface area contributed by atoms with Gasteiger partial charge in [0.15, 0.2) is 0 Å². The normalized spacial score (nSPS) is 28.8. The quantitative estimate of drug-likeness (QED) is 0.765. The van der Waals surface area contributed by atoms with E-state index in [1.165, 1.54) is 50.9 Å². The molecule has 0 radical (unpaired) electrons. The molecular formula is C18H31N3O. The van der Waals surface area contributed by atoms with Gasteiger partial charge in [-0.25, -0.2) is 0 Å². The zero-order valence-electron chi connectivity index (χ0n) is 14.0. The van der Waals surface area contributed by atoms with Crippen molar-refractivity contribution in [2.24, 2.45) is 10.9 Å². The predicted octanol–water partition coefficient (Wildman–Crippen LogP) is 2.26. The van der Waals surface area contributed by atoms with Gasteiger partial charge in [-0.3, -0.25) is 9.89 Å². The predicted molar refractivity (Wildman–Crippen MR) is 91.7 cm³/mol. The summed E-state index contributed by atoms with van der Waals surface area (Å²) in [4.78, 5) is 7.40. The number of nitrogens with zero attached hydrogens (tertiary/aromatic N) is 2. The molecule has 22 heavy (non-hydrogen) atoms. The van der Waals surface area contributed by atoms with Crippen molar-refractivity contribution in [1.29, 1.82) is 0 Å². The van der Waals surface area contributed by atoms with E-state index in [2.05, 4.69) is 29.3 Å². The molecule has 3 heterocycles. The van der Waals surface area contributed by atoms with Gasteiger partial charge < -0.3 is 10.1 Å². The van der Waals surface area contributed by atoms with Crippen LogP contribution in [0.5, 0.6) is 0 Å². The number of piperidine rings is 1. The number of hydrogen-bond donors (Lipinski definition) is 1. The molecule has 0 aromatic carbocycles. The van der Waals surface area contributed by atoms with Crippen LogP contribution in [0.15, 0.2) is 17.1 Å². The number of rotatable bonds is 6. The fourth-order valence-corrected chi connectivity index (χ4v) is 3.95. The summed E-state index contributed by atoms with van der Waals surface area (Å²) in [5, 5.41) is 3.44. The van der Waals surface area contributed by atoms with E-state index >= 15 is 0 Å². The van der Waals surface area contributed by atoms with Gasteiger partial charge in [0.1, 0.15) is 6.10 Å². The first-order chi connectivity index (χ1) is 10.9. The molecule has 1 N–H and O–H groups in total. The maximum Gasteiger partial charge on any atom is 0.114 e. The van der Waals surface area contributed by atoms with Gasteiger partial charge in [-0.05, 0) is 58.3 Å². The highest BCUT2D eigenvalue weighted by molar-refractivity contribution is 5.93. The highest BCUT2D eigenvalue weighted by Gasteiger charge is 2.28. The van der Waals surface area contributed by atoms with Crippen molar-refractivity contribution in [3.8, 4) is 0 Å². The smallest absolute Gasteiger partial charge is 0.114 e. The zero-order valence-corrected chi connectivity index (χ0v) is 14.0. The first-order valence-corrected chi connectivity index (χ1v) is 9.15. The van der Waals surface area contributed by atoms with Crippen molar-refractivity contribution in [3.05, 3.63) is 12.2 Å². The molecule has 124 valence electrons. The summed E-state index contributed by atoms with van der Waals surface area (Å²) in [6, 6.07) is 0.576. The molecule has 0 bridgehead atoms. The average Bonchev–Trinajstić information content (AvgIpc) is 3.11. The number of ether oxygens (including phenoxy) is 1. The van der Waals surface area contributed by atoms with Crippen LogP contribution in [-0.4, -0.2) is 62.1 Å². The van der Waals surface area contributed by atoms with Gasteiger partial charge in [0, 0.05) is 17.7 Å². The minimum absolute atomic E-state index is 0.119. The van der Waals surface area contributed by atoms with E-state index in [1.54, 1.807) is 0 Å². The van der Waals surface area contributed by atoms with Crippen LogP contribution >= 0.6 is 0 Å². The molecule has 3 rings (SSSR count). The molecule has 0 spiro atoms. The lowest BCUT2D eigenvalue weighted by Crippen LogP contribution is -2.41. The largest absolute Gasteiger partial charge is 0.367 e. The molecule has 0 aromatic heterocycles. The van der Waals surface area contributed by atoms with Crippen LogP contribution in [0, 0.1) is 5.92 Å². The third kappa shape index (κ3) is 3.98. The molecule has 3 aliphatic rings. The van der Waals surface area contributed by atoms with Crippen molar-refractivity contribution in [3.63, 3.8) is 0 Å². The maximum atomic E-state index is 6.33. The highest BCUT2D eigenvalue weighted by atomic mass is 16.5. The summed E-state index contributed by atoms with van der Waals surface area (Å²) in [7, 11) is 0. The van der Waals surface area contributed by atoms with Gasteiger partial charge >= 0.3 is 0 Å². The standard InChI is InChI=1S/C18H31N3O/c1-2-16(21-12-3-4-13-21)14-22-17-6-5-9-20-18(17)15-7-10-19-11-8-15/h5-6,15-17,19H,2-4,7-14H2,1H3/t16-,17?/m1/s1. The second-order valence-electron chi connectivity index (χ2n) is 6.78. The van der Waals surface area contributed by atoms with E-state index in [-0.39, 0.29) is 6.10 Å².